The SMILES string of the molecule is O=C(c1cc2c(Cl)c(Br)cc(Cl)c2o1)C1CC1. The highest BCUT2D eigenvalue weighted by Gasteiger charge is 2.33. The molecule has 0 N–H and O–H groups in total. The van der Waals surface area contributed by atoms with Gasteiger partial charge in [-0.2, -0.15) is 0 Å². The Morgan fingerprint density at radius 3 is 2.71 bits per heavy atom. The van der Waals surface area contributed by atoms with Crippen molar-refractivity contribution in [2.45, 2.75) is 12.8 Å². The maximum absolute atomic E-state index is 11.9. The van der Waals surface area contributed by atoms with E-state index in [4.69, 9.17) is 27.6 Å². The lowest BCUT2D eigenvalue weighted by Crippen LogP contribution is -1.98. The first-order valence-corrected chi connectivity index (χ1v) is 6.74. The van der Waals surface area contributed by atoms with Gasteiger partial charge in [0.2, 0.25) is 5.78 Å². The van der Waals surface area contributed by atoms with Crippen LogP contribution in [0.3, 0.4) is 0 Å². The average Bonchev–Trinajstić information content (AvgIpc) is 3.03. The predicted octanol–water partition coefficient (Wildman–Crippen LogP) is 5.09. The molecule has 0 radical (unpaired) electrons. The van der Waals surface area contributed by atoms with Crippen molar-refractivity contribution in [1.82, 2.24) is 0 Å². The van der Waals surface area contributed by atoms with Gasteiger partial charge in [-0.15, -0.1) is 0 Å². The zero-order valence-electron chi connectivity index (χ0n) is 8.60. The Bertz CT molecular complexity index is 629. The number of Topliss-reactive ketones (excluding diaryl/α,β-unsaturated/α-hetero) is 1. The number of fused-ring (bicyclic) bond motifs is 1. The van der Waals surface area contributed by atoms with Gasteiger partial charge in [-0.25, -0.2) is 0 Å². The van der Waals surface area contributed by atoms with Gasteiger partial charge >= 0.3 is 0 Å². The number of hydrogen-bond donors (Lipinski definition) is 0. The molecule has 0 aliphatic heterocycles. The molecule has 17 heavy (non-hydrogen) atoms. The van der Waals surface area contributed by atoms with Crippen LogP contribution in [-0.2, 0) is 0 Å². The molecule has 1 aliphatic rings. The van der Waals surface area contributed by atoms with Crippen LogP contribution in [0.2, 0.25) is 10.0 Å². The number of halogens is 3. The van der Waals surface area contributed by atoms with Gasteiger partial charge in [-0.3, -0.25) is 4.79 Å². The number of carbonyl (C=O) groups is 1. The second-order valence-electron chi connectivity index (χ2n) is 4.15. The van der Waals surface area contributed by atoms with Gasteiger partial charge in [-0.05, 0) is 40.9 Å². The van der Waals surface area contributed by atoms with Crippen molar-refractivity contribution in [3.63, 3.8) is 0 Å². The van der Waals surface area contributed by atoms with Gasteiger partial charge in [0.15, 0.2) is 11.3 Å². The van der Waals surface area contributed by atoms with Crippen molar-refractivity contribution in [2.24, 2.45) is 5.92 Å². The van der Waals surface area contributed by atoms with Crippen molar-refractivity contribution < 1.29 is 9.21 Å². The molecule has 0 spiro atoms. The molecule has 2 nitrogen and oxygen atoms in total. The Morgan fingerprint density at radius 2 is 2.06 bits per heavy atom. The third-order valence-corrected chi connectivity index (χ3v) is 4.38. The maximum Gasteiger partial charge on any atom is 0.201 e. The fraction of sp³-hybridized carbons (Fsp3) is 0.250. The second-order valence-corrected chi connectivity index (χ2v) is 5.79. The van der Waals surface area contributed by atoms with Crippen molar-refractivity contribution in [2.75, 3.05) is 0 Å². The van der Waals surface area contributed by atoms with Crippen LogP contribution in [0, 0.1) is 5.92 Å². The molecule has 0 bridgehead atoms. The van der Waals surface area contributed by atoms with Gasteiger partial charge in [0.05, 0.1) is 10.0 Å². The molecule has 2 aromatic rings. The molecular formula is C12H7BrCl2O2. The van der Waals surface area contributed by atoms with E-state index in [1.807, 2.05) is 0 Å². The second kappa shape index (κ2) is 4.01. The molecule has 1 aromatic heterocycles. The first-order valence-electron chi connectivity index (χ1n) is 5.19. The van der Waals surface area contributed by atoms with E-state index in [1.54, 1.807) is 12.1 Å². The van der Waals surface area contributed by atoms with Crippen molar-refractivity contribution in [3.05, 3.63) is 32.4 Å². The van der Waals surface area contributed by atoms with Gasteiger partial charge in [0, 0.05) is 15.8 Å². The molecule has 0 saturated heterocycles. The van der Waals surface area contributed by atoms with Gasteiger partial charge in [-0.1, -0.05) is 23.2 Å². The Kier molecular flexibility index (Phi) is 2.73. The van der Waals surface area contributed by atoms with Crippen LogP contribution in [0.4, 0.5) is 0 Å². The number of carbonyl (C=O) groups excluding carboxylic acids is 1. The molecule has 0 unspecified atom stereocenters. The molecule has 0 atom stereocenters. The summed E-state index contributed by atoms with van der Waals surface area (Å²) in [7, 11) is 0. The van der Waals surface area contributed by atoms with E-state index in [1.165, 1.54) is 0 Å². The predicted molar refractivity (Wildman–Crippen MR) is 71.0 cm³/mol. The lowest BCUT2D eigenvalue weighted by Gasteiger charge is -1.98. The highest BCUT2D eigenvalue weighted by atomic mass is 79.9. The molecule has 0 amide bonds. The Balaban J connectivity index is 2.21. The standard InChI is InChI=1S/C12H7BrCl2O2/c13-7-4-8(14)12-6(10(7)15)3-9(17-12)11(16)5-1-2-5/h3-5H,1-2H2. The van der Waals surface area contributed by atoms with E-state index in [0.717, 1.165) is 12.8 Å². The van der Waals surface area contributed by atoms with Crippen LogP contribution in [0.1, 0.15) is 23.4 Å². The van der Waals surface area contributed by atoms with Crippen LogP contribution in [0.5, 0.6) is 0 Å². The van der Waals surface area contributed by atoms with Gasteiger partial charge < -0.3 is 4.42 Å². The number of rotatable bonds is 2. The highest BCUT2D eigenvalue weighted by molar-refractivity contribution is 9.10. The minimum atomic E-state index is 0.0458. The van der Waals surface area contributed by atoms with Gasteiger partial charge in [0.1, 0.15) is 0 Å². The molecule has 1 saturated carbocycles. The van der Waals surface area contributed by atoms with E-state index in [2.05, 4.69) is 15.9 Å². The third kappa shape index (κ3) is 1.90. The van der Waals surface area contributed by atoms with Crippen LogP contribution < -0.4 is 0 Å². The normalized spacial score (nSPS) is 15.5. The number of benzene rings is 1. The summed E-state index contributed by atoms with van der Waals surface area (Å²) >= 11 is 15.5. The number of furan rings is 1. The summed E-state index contributed by atoms with van der Waals surface area (Å²) in [5.74, 6) is 0.519. The first-order chi connectivity index (χ1) is 8.08. The molecular weight excluding hydrogens is 327 g/mol. The van der Waals surface area contributed by atoms with E-state index < -0.39 is 0 Å². The van der Waals surface area contributed by atoms with E-state index in [0.29, 0.717) is 31.2 Å². The number of hydrogen-bond acceptors (Lipinski definition) is 2. The van der Waals surface area contributed by atoms with Crippen LogP contribution in [-0.4, -0.2) is 5.78 Å². The summed E-state index contributed by atoms with van der Waals surface area (Å²) in [5.41, 5.74) is 0.476. The van der Waals surface area contributed by atoms with Crippen molar-refractivity contribution in [1.29, 1.82) is 0 Å². The quantitative estimate of drug-likeness (QED) is 0.565. The first kappa shape index (κ1) is 11.6. The molecule has 1 fully saturated rings. The molecule has 1 aliphatic carbocycles. The lowest BCUT2D eigenvalue weighted by molar-refractivity contribution is 0.0942. The monoisotopic (exact) mass is 332 g/mol. The van der Waals surface area contributed by atoms with Crippen LogP contribution >= 0.6 is 39.1 Å². The van der Waals surface area contributed by atoms with Crippen molar-refractivity contribution in [3.8, 4) is 0 Å². The Morgan fingerprint density at radius 1 is 1.35 bits per heavy atom. The molecule has 1 aromatic carbocycles. The third-order valence-electron chi connectivity index (χ3n) is 2.84. The fourth-order valence-corrected chi connectivity index (χ4v) is 2.79. The van der Waals surface area contributed by atoms with Crippen LogP contribution in [0.15, 0.2) is 21.0 Å². The average molecular weight is 334 g/mol. The fourth-order valence-electron chi connectivity index (χ4n) is 1.77. The highest BCUT2D eigenvalue weighted by Crippen LogP contribution is 2.40. The molecule has 5 heteroatoms. The van der Waals surface area contributed by atoms with Crippen LogP contribution in [0.25, 0.3) is 11.0 Å². The Hall–Kier alpha value is -0.510. The summed E-state index contributed by atoms with van der Waals surface area (Å²) in [5, 5.41) is 1.64. The van der Waals surface area contributed by atoms with Crippen molar-refractivity contribution >= 4 is 55.9 Å². The largest absolute Gasteiger partial charge is 0.451 e. The summed E-state index contributed by atoms with van der Waals surface area (Å²) in [6, 6.07) is 3.34. The van der Waals surface area contributed by atoms with Gasteiger partial charge in [0.25, 0.3) is 0 Å². The molecule has 88 valence electrons. The minimum absolute atomic E-state index is 0.0458. The molecule has 3 rings (SSSR count). The zero-order valence-corrected chi connectivity index (χ0v) is 11.7. The van der Waals surface area contributed by atoms with E-state index in [9.17, 15) is 4.79 Å². The molecule has 1 heterocycles. The number of ketones is 1. The summed E-state index contributed by atoms with van der Waals surface area (Å²) in [4.78, 5) is 11.9. The van der Waals surface area contributed by atoms with E-state index in [-0.39, 0.29) is 11.7 Å². The lowest BCUT2D eigenvalue weighted by atomic mass is 10.2. The smallest absolute Gasteiger partial charge is 0.201 e. The maximum atomic E-state index is 11.9. The summed E-state index contributed by atoms with van der Waals surface area (Å²) in [6.45, 7) is 0. The topological polar surface area (TPSA) is 30.2 Å². The summed E-state index contributed by atoms with van der Waals surface area (Å²) in [6.07, 6.45) is 1.89. The minimum Gasteiger partial charge on any atom is -0.451 e. The Labute approximate surface area is 116 Å². The summed E-state index contributed by atoms with van der Waals surface area (Å²) < 4.78 is 6.21. The van der Waals surface area contributed by atoms with E-state index >= 15 is 0 Å². The zero-order chi connectivity index (χ0) is 12.2.